The molecule has 3 aromatic carbocycles. The summed E-state index contributed by atoms with van der Waals surface area (Å²) in [6.07, 6.45) is 0. The zero-order chi connectivity index (χ0) is 20.8. The van der Waals surface area contributed by atoms with Crippen molar-refractivity contribution in [2.75, 3.05) is 4.90 Å². The Kier molecular flexibility index (Phi) is 3.68. The number of carbonyl (C=O) groups excluding carboxylic acids is 2. The average Bonchev–Trinajstić information content (AvgIpc) is 3.01. The van der Waals surface area contributed by atoms with Gasteiger partial charge in [-0.25, -0.2) is 4.90 Å². The highest BCUT2D eigenvalue weighted by molar-refractivity contribution is 14.1. The molecule has 3 aromatic rings. The van der Waals surface area contributed by atoms with E-state index in [1.165, 1.54) is 27.2 Å². The summed E-state index contributed by atoms with van der Waals surface area (Å²) in [5.74, 6) is -0.931. The molecule has 148 valence electrons. The highest BCUT2D eigenvalue weighted by Gasteiger charge is 2.66. The first-order valence-corrected chi connectivity index (χ1v) is 11.3. The topological polar surface area (TPSA) is 37.4 Å². The summed E-state index contributed by atoms with van der Waals surface area (Å²) in [5, 5.41) is 0. The second-order valence-electron chi connectivity index (χ2n) is 8.80. The lowest BCUT2D eigenvalue weighted by Gasteiger charge is -2.52. The molecule has 0 radical (unpaired) electrons. The van der Waals surface area contributed by atoms with Gasteiger partial charge in [-0.05, 0) is 75.5 Å². The molecule has 2 atom stereocenters. The van der Waals surface area contributed by atoms with Crippen LogP contribution in [0.1, 0.15) is 40.7 Å². The van der Waals surface area contributed by atoms with Crippen LogP contribution in [0.5, 0.6) is 0 Å². The number of aryl methyl sites for hydroxylation is 1. The number of halogens is 1. The van der Waals surface area contributed by atoms with Crippen molar-refractivity contribution < 1.29 is 9.59 Å². The minimum absolute atomic E-state index is 0.0606. The Morgan fingerprint density at radius 3 is 2.07 bits per heavy atom. The molecular formula is C26H20INO2. The third kappa shape index (κ3) is 2.05. The smallest absolute Gasteiger partial charge is 0.238 e. The Balaban J connectivity index is 1.62. The SMILES string of the molecule is Cc1cc(I)ccc1N1C(=O)[C@H]2C3c4ccccc4C(C)(c4ccccc43)[C@H]2C1=O. The van der Waals surface area contributed by atoms with Crippen LogP contribution in [-0.2, 0) is 15.0 Å². The summed E-state index contributed by atoms with van der Waals surface area (Å²) in [7, 11) is 0. The van der Waals surface area contributed by atoms with Crippen molar-refractivity contribution in [3.05, 3.63) is 98.1 Å². The summed E-state index contributed by atoms with van der Waals surface area (Å²) in [6, 6.07) is 22.7. The molecule has 1 fully saturated rings. The quantitative estimate of drug-likeness (QED) is 0.338. The van der Waals surface area contributed by atoms with Gasteiger partial charge in [-0.3, -0.25) is 9.59 Å². The fraction of sp³-hybridized carbons (Fsp3) is 0.231. The number of imide groups is 1. The van der Waals surface area contributed by atoms with Crippen molar-refractivity contribution in [3.63, 3.8) is 0 Å². The number of benzene rings is 3. The van der Waals surface area contributed by atoms with Crippen LogP contribution in [0, 0.1) is 22.3 Å². The molecule has 1 saturated heterocycles. The standard InChI is InChI=1S/C26H20INO2/c1-14-13-15(27)11-12-20(14)28-24(29)22-21-16-7-3-5-9-18(16)26(2,23(22)25(28)30)19-10-6-4-8-17(19)21/h3-13,21-23H,1-2H3/t21?,22-,23+,26?/m0/s1. The predicted molar refractivity (Wildman–Crippen MR) is 125 cm³/mol. The first kappa shape index (κ1) is 18.3. The number of amides is 2. The number of hydrogen-bond donors (Lipinski definition) is 0. The van der Waals surface area contributed by atoms with E-state index in [4.69, 9.17) is 0 Å². The van der Waals surface area contributed by atoms with Gasteiger partial charge in [0.05, 0.1) is 17.5 Å². The second-order valence-corrected chi connectivity index (χ2v) is 10.0. The van der Waals surface area contributed by atoms with Crippen LogP contribution in [0.4, 0.5) is 5.69 Å². The largest absolute Gasteiger partial charge is 0.274 e. The molecule has 0 spiro atoms. The minimum Gasteiger partial charge on any atom is -0.274 e. The van der Waals surface area contributed by atoms with E-state index in [1.807, 2.05) is 49.4 Å². The third-order valence-electron chi connectivity index (χ3n) is 7.44. The van der Waals surface area contributed by atoms with Crippen molar-refractivity contribution in [2.24, 2.45) is 11.8 Å². The maximum atomic E-state index is 13.9. The van der Waals surface area contributed by atoms with Crippen LogP contribution in [0.3, 0.4) is 0 Å². The Hall–Kier alpha value is -2.47. The summed E-state index contributed by atoms with van der Waals surface area (Å²) in [4.78, 5) is 29.2. The highest BCUT2D eigenvalue weighted by atomic mass is 127. The molecule has 7 rings (SSSR count). The van der Waals surface area contributed by atoms with Crippen LogP contribution < -0.4 is 4.90 Å². The highest BCUT2D eigenvalue weighted by Crippen LogP contribution is 2.64. The lowest BCUT2D eigenvalue weighted by Crippen LogP contribution is -2.51. The van der Waals surface area contributed by atoms with Gasteiger partial charge in [-0.2, -0.15) is 0 Å². The molecule has 3 nitrogen and oxygen atoms in total. The molecule has 0 aromatic heterocycles. The van der Waals surface area contributed by atoms with Gasteiger partial charge < -0.3 is 0 Å². The molecular weight excluding hydrogens is 485 g/mol. The number of anilines is 1. The van der Waals surface area contributed by atoms with E-state index in [1.54, 1.807) is 0 Å². The molecule has 2 bridgehead atoms. The molecule has 3 aliphatic carbocycles. The maximum absolute atomic E-state index is 13.9. The van der Waals surface area contributed by atoms with Gasteiger partial charge in [-0.15, -0.1) is 0 Å². The van der Waals surface area contributed by atoms with E-state index < -0.39 is 5.41 Å². The van der Waals surface area contributed by atoms with E-state index in [0.717, 1.165) is 14.8 Å². The zero-order valence-corrected chi connectivity index (χ0v) is 18.9. The first-order valence-electron chi connectivity index (χ1n) is 10.3. The maximum Gasteiger partial charge on any atom is 0.238 e. The third-order valence-corrected chi connectivity index (χ3v) is 8.11. The summed E-state index contributed by atoms with van der Waals surface area (Å²) >= 11 is 2.26. The van der Waals surface area contributed by atoms with Crippen LogP contribution in [0.2, 0.25) is 0 Å². The van der Waals surface area contributed by atoms with Crippen LogP contribution in [-0.4, -0.2) is 11.8 Å². The summed E-state index contributed by atoms with van der Waals surface area (Å²) in [6.45, 7) is 4.13. The van der Waals surface area contributed by atoms with Crippen molar-refractivity contribution >= 4 is 40.1 Å². The van der Waals surface area contributed by atoms with E-state index in [2.05, 4.69) is 53.8 Å². The van der Waals surface area contributed by atoms with Crippen molar-refractivity contribution in [1.29, 1.82) is 0 Å². The number of rotatable bonds is 1. The van der Waals surface area contributed by atoms with Gasteiger partial charge in [-0.1, -0.05) is 55.5 Å². The molecule has 30 heavy (non-hydrogen) atoms. The lowest BCUT2D eigenvalue weighted by atomic mass is 9.48. The Morgan fingerprint density at radius 2 is 1.47 bits per heavy atom. The van der Waals surface area contributed by atoms with E-state index >= 15 is 0 Å². The monoisotopic (exact) mass is 505 g/mol. The molecule has 0 unspecified atom stereocenters. The summed E-state index contributed by atoms with van der Waals surface area (Å²) < 4.78 is 1.09. The van der Waals surface area contributed by atoms with E-state index in [9.17, 15) is 9.59 Å². The van der Waals surface area contributed by atoms with Crippen molar-refractivity contribution in [3.8, 4) is 0 Å². The number of carbonyl (C=O) groups is 2. The Bertz CT molecular complexity index is 1220. The minimum atomic E-state index is -0.509. The van der Waals surface area contributed by atoms with E-state index in [-0.39, 0.29) is 29.6 Å². The lowest BCUT2D eigenvalue weighted by molar-refractivity contribution is -0.123. The molecule has 2 amide bonds. The van der Waals surface area contributed by atoms with Crippen LogP contribution >= 0.6 is 22.6 Å². The predicted octanol–water partition coefficient (Wildman–Crippen LogP) is 5.17. The molecule has 0 saturated carbocycles. The second kappa shape index (κ2) is 6.03. The fourth-order valence-electron chi connectivity index (χ4n) is 6.26. The van der Waals surface area contributed by atoms with Crippen LogP contribution in [0.25, 0.3) is 0 Å². The summed E-state index contributed by atoms with van der Waals surface area (Å²) in [5.41, 5.74) is 5.94. The molecule has 4 heteroatoms. The van der Waals surface area contributed by atoms with Gasteiger partial charge in [0, 0.05) is 14.9 Å². The van der Waals surface area contributed by atoms with Crippen molar-refractivity contribution in [1.82, 2.24) is 0 Å². The van der Waals surface area contributed by atoms with Gasteiger partial charge in [0.2, 0.25) is 11.8 Å². The fourth-order valence-corrected chi connectivity index (χ4v) is 6.91. The Labute approximate surface area is 189 Å². The van der Waals surface area contributed by atoms with Crippen LogP contribution in [0.15, 0.2) is 66.7 Å². The number of nitrogens with zero attached hydrogens (tertiary/aromatic N) is 1. The van der Waals surface area contributed by atoms with Gasteiger partial charge in [0.15, 0.2) is 0 Å². The van der Waals surface area contributed by atoms with Gasteiger partial charge in [0.25, 0.3) is 0 Å². The van der Waals surface area contributed by atoms with Crippen molar-refractivity contribution in [2.45, 2.75) is 25.2 Å². The normalized spacial score (nSPS) is 28.4. The molecule has 1 aliphatic heterocycles. The number of hydrogen-bond acceptors (Lipinski definition) is 2. The molecule has 1 heterocycles. The first-order chi connectivity index (χ1) is 14.4. The van der Waals surface area contributed by atoms with Gasteiger partial charge in [0.1, 0.15) is 0 Å². The molecule has 4 aliphatic rings. The Morgan fingerprint density at radius 1 is 0.867 bits per heavy atom. The van der Waals surface area contributed by atoms with Gasteiger partial charge >= 0.3 is 0 Å². The molecule has 0 N–H and O–H groups in total. The van der Waals surface area contributed by atoms with E-state index in [0.29, 0.717) is 0 Å². The zero-order valence-electron chi connectivity index (χ0n) is 16.7. The average molecular weight is 505 g/mol.